The van der Waals surface area contributed by atoms with Gasteiger partial charge in [-0.1, -0.05) is 60.7 Å². The van der Waals surface area contributed by atoms with Crippen LogP contribution in [0.4, 0.5) is 0 Å². The maximum atomic E-state index is 13.1. The minimum Gasteiger partial charge on any atom is -0.478 e. The maximum Gasteiger partial charge on any atom is 0.332 e. The van der Waals surface area contributed by atoms with Gasteiger partial charge in [0, 0.05) is 22.6 Å². The number of allylic oxidation sites excluding steroid dienone is 10. The van der Waals surface area contributed by atoms with E-state index in [2.05, 4.69) is 6.08 Å². The smallest absolute Gasteiger partial charge is 0.332 e. The van der Waals surface area contributed by atoms with E-state index in [1.54, 1.807) is 12.2 Å². The number of hydrogen-bond acceptors (Lipinski definition) is 2. The Bertz CT molecular complexity index is 1050. The van der Waals surface area contributed by atoms with Gasteiger partial charge in [-0.2, -0.15) is 0 Å². The number of fused-ring (bicyclic) bond motifs is 3. The van der Waals surface area contributed by atoms with Crippen LogP contribution in [0.1, 0.15) is 27.9 Å². The summed E-state index contributed by atoms with van der Waals surface area (Å²) in [6.07, 6.45) is 13.9. The lowest BCUT2D eigenvalue weighted by atomic mass is 9.66. The molecular formula is C22H14O3. The molecule has 3 heteroatoms. The largest absolute Gasteiger partial charge is 0.478 e. The van der Waals surface area contributed by atoms with E-state index in [0.29, 0.717) is 17.6 Å². The van der Waals surface area contributed by atoms with Crippen LogP contribution in [0, 0.1) is 5.92 Å². The molecule has 0 radical (unpaired) electrons. The highest BCUT2D eigenvalue weighted by Crippen LogP contribution is 2.49. The van der Waals surface area contributed by atoms with Crippen molar-refractivity contribution in [3.63, 3.8) is 0 Å². The number of carboxylic acid groups (broad SMARTS) is 1. The first-order valence-electron chi connectivity index (χ1n) is 8.28. The molecule has 0 saturated heterocycles. The Morgan fingerprint density at radius 3 is 2.84 bits per heavy atom. The van der Waals surface area contributed by atoms with Crippen LogP contribution < -0.4 is 0 Å². The molecule has 3 nitrogen and oxygen atoms in total. The molecule has 120 valence electrons. The number of carbonyl (C=O) groups is 2. The van der Waals surface area contributed by atoms with Crippen LogP contribution in [0.25, 0.3) is 11.6 Å². The van der Waals surface area contributed by atoms with E-state index >= 15 is 0 Å². The lowest BCUT2D eigenvalue weighted by molar-refractivity contribution is -0.133. The van der Waals surface area contributed by atoms with Gasteiger partial charge in [-0.15, -0.1) is 0 Å². The van der Waals surface area contributed by atoms with Gasteiger partial charge in [-0.3, -0.25) is 4.79 Å². The third-order valence-electron chi connectivity index (χ3n) is 5.31. The zero-order valence-corrected chi connectivity index (χ0v) is 13.3. The summed E-state index contributed by atoms with van der Waals surface area (Å²) in [6, 6.07) is 5.78. The summed E-state index contributed by atoms with van der Waals surface area (Å²) in [5.74, 6) is -1.33. The van der Waals surface area contributed by atoms with Gasteiger partial charge in [-0.05, 0) is 34.3 Å². The molecule has 0 saturated carbocycles. The van der Waals surface area contributed by atoms with Gasteiger partial charge in [-0.25, -0.2) is 4.79 Å². The molecule has 5 rings (SSSR count). The second kappa shape index (κ2) is 4.90. The van der Waals surface area contributed by atoms with E-state index in [4.69, 9.17) is 0 Å². The van der Waals surface area contributed by atoms with E-state index in [1.807, 2.05) is 42.5 Å². The normalized spacial score (nSPS) is 22.5. The molecular weight excluding hydrogens is 312 g/mol. The molecule has 0 amide bonds. The van der Waals surface area contributed by atoms with E-state index in [-0.39, 0.29) is 11.7 Å². The number of benzene rings is 1. The van der Waals surface area contributed by atoms with E-state index < -0.39 is 5.97 Å². The average Bonchev–Trinajstić information content (AvgIpc) is 2.64. The Labute approximate surface area is 144 Å². The van der Waals surface area contributed by atoms with Crippen LogP contribution in [-0.4, -0.2) is 16.9 Å². The van der Waals surface area contributed by atoms with Crippen LogP contribution in [0.2, 0.25) is 0 Å². The number of aliphatic carboxylic acids is 1. The number of rotatable bonds is 1. The van der Waals surface area contributed by atoms with Crippen LogP contribution in [0.5, 0.6) is 0 Å². The molecule has 1 atom stereocenters. The molecule has 4 aliphatic rings. The van der Waals surface area contributed by atoms with Crippen LogP contribution in [0.3, 0.4) is 0 Å². The topological polar surface area (TPSA) is 54.4 Å². The van der Waals surface area contributed by atoms with Gasteiger partial charge >= 0.3 is 5.97 Å². The Kier molecular flexibility index (Phi) is 2.78. The molecule has 0 spiro atoms. The predicted octanol–water partition coefficient (Wildman–Crippen LogP) is 4.12. The summed E-state index contributed by atoms with van der Waals surface area (Å²) >= 11 is 0. The first-order valence-corrected chi connectivity index (χ1v) is 8.28. The Morgan fingerprint density at radius 1 is 1.12 bits per heavy atom. The fraction of sp³-hybridized carbons (Fsp3) is 0.0909. The molecule has 0 aromatic heterocycles. The van der Waals surface area contributed by atoms with Crippen LogP contribution in [-0.2, 0) is 4.79 Å². The van der Waals surface area contributed by atoms with Gasteiger partial charge in [0.15, 0.2) is 5.78 Å². The quantitative estimate of drug-likeness (QED) is 0.845. The Morgan fingerprint density at radius 2 is 2.00 bits per heavy atom. The molecule has 1 N–H and O–H groups in total. The standard InChI is InChI=1S/C22H14O3/c23-21-15-8-2-5-12-4-1-7-14(18(12)15)20-16(21)11-10-13-6-3-9-17(19(13)20)22(24)25/h1-6,8-11,19H,7H2,(H,24,25). The fourth-order valence-electron chi connectivity index (χ4n) is 4.29. The molecule has 1 aromatic rings. The van der Waals surface area contributed by atoms with Crippen molar-refractivity contribution in [2.24, 2.45) is 5.92 Å². The van der Waals surface area contributed by atoms with Crippen molar-refractivity contribution in [2.45, 2.75) is 6.42 Å². The Hall–Kier alpha value is -3.20. The van der Waals surface area contributed by atoms with Crippen molar-refractivity contribution in [1.29, 1.82) is 0 Å². The van der Waals surface area contributed by atoms with Gasteiger partial charge < -0.3 is 5.11 Å². The fourth-order valence-corrected chi connectivity index (χ4v) is 4.29. The van der Waals surface area contributed by atoms with Gasteiger partial charge in [0.2, 0.25) is 0 Å². The third-order valence-corrected chi connectivity index (χ3v) is 5.31. The summed E-state index contributed by atoms with van der Waals surface area (Å²) in [5, 5.41) is 9.69. The van der Waals surface area contributed by atoms with Crippen molar-refractivity contribution < 1.29 is 14.7 Å². The molecule has 0 fully saturated rings. The summed E-state index contributed by atoms with van der Waals surface area (Å²) < 4.78 is 0. The second-order valence-electron chi connectivity index (χ2n) is 6.56. The number of carboxylic acids is 1. The molecule has 1 unspecified atom stereocenters. The van der Waals surface area contributed by atoms with Gasteiger partial charge in [0.25, 0.3) is 0 Å². The maximum absolute atomic E-state index is 13.1. The predicted molar refractivity (Wildman–Crippen MR) is 95.9 cm³/mol. The first kappa shape index (κ1) is 14.2. The van der Waals surface area contributed by atoms with E-state index in [9.17, 15) is 14.7 Å². The lowest BCUT2D eigenvalue weighted by Gasteiger charge is -2.35. The van der Waals surface area contributed by atoms with Gasteiger partial charge in [0.1, 0.15) is 0 Å². The molecule has 1 aromatic carbocycles. The average molecular weight is 326 g/mol. The zero-order valence-electron chi connectivity index (χ0n) is 13.3. The minimum absolute atomic E-state index is 0.0134. The van der Waals surface area contributed by atoms with Crippen molar-refractivity contribution in [2.75, 3.05) is 0 Å². The molecule has 0 aliphatic heterocycles. The van der Waals surface area contributed by atoms with Crippen molar-refractivity contribution in [3.05, 3.63) is 93.6 Å². The van der Waals surface area contributed by atoms with Crippen molar-refractivity contribution in [1.82, 2.24) is 0 Å². The molecule has 25 heavy (non-hydrogen) atoms. The molecule has 0 bridgehead atoms. The van der Waals surface area contributed by atoms with Crippen LogP contribution in [0.15, 0.2) is 76.9 Å². The number of ketones is 1. The lowest BCUT2D eigenvalue weighted by Crippen LogP contribution is -2.28. The zero-order chi connectivity index (χ0) is 17.1. The summed E-state index contributed by atoms with van der Waals surface area (Å²) in [6.45, 7) is 0. The third kappa shape index (κ3) is 1.81. The first-order chi connectivity index (χ1) is 12.2. The summed E-state index contributed by atoms with van der Waals surface area (Å²) in [4.78, 5) is 24.9. The van der Waals surface area contributed by atoms with Crippen molar-refractivity contribution in [3.8, 4) is 0 Å². The molecule has 0 heterocycles. The van der Waals surface area contributed by atoms with Crippen molar-refractivity contribution >= 4 is 23.4 Å². The Balaban J connectivity index is 1.86. The second-order valence-corrected chi connectivity index (χ2v) is 6.56. The minimum atomic E-state index is -0.938. The van der Waals surface area contributed by atoms with Gasteiger partial charge in [0.05, 0.1) is 0 Å². The number of Topliss-reactive ketones (excluding diaryl/α,β-unsaturated/α-hetero) is 1. The highest BCUT2D eigenvalue weighted by Gasteiger charge is 2.40. The van der Waals surface area contributed by atoms with E-state index in [1.165, 1.54) is 0 Å². The van der Waals surface area contributed by atoms with Crippen LogP contribution >= 0.6 is 0 Å². The number of hydrogen-bond donors (Lipinski definition) is 1. The van der Waals surface area contributed by atoms with E-state index in [0.717, 1.165) is 33.4 Å². The highest BCUT2D eigenvalue weighted by atomic mass is 16.4. The SMILES string of the molecule is O=C(O)C1=CC=CC2=CC=C3C(=O)c4cccc5c4C(=C3C21)CC=C5. The monoisotopic (exact) mass is 326 g/mol. The highest BCUT2D eigenvalue weighted by molar-refractivity contribution is 6.20. The number of carbonyl (C=O) groups excluding carboxylic acids is 1. The summed E-state index contributed by atoms with van der Waals surface area (Å²) in [5.41, 5.74) is 6.55. The molecule has 4 aliphatic carbocycles. The summed E-state index contributed by atoms with van der Waals surface area (Å²) in [7, 11) is 0.